The quantitative estimate of drug-likeness (QED) is 0.414. The molecule has 0 fully saturated rings. The van der Waals surface area contributed by atoms with Gasteiger partial charge in [-0.1, -0.05) is 18.1 Å². The van der Waals surface area contributed by atoms with Crippen LogP contribution in [0.5, 0.6) is 0 Å². The fraction of sp³-hybridized carbons (Fsp3) is 0.100. The molecule has 2 rings (SSSR count). The Labute approximate surface area is 82.7 Å². The van der Waals surface area contributed by atoms with Crippen molar-refractivity contribution in [3.63, 3.8) is 0 Å². The molecule has 0 spiro atoms. The van der Waals surface area contributed by atoms with Crippen LogP contribution >= 0.6 is 0 Å². The fourth-order valence-corrected chi connectivity index (χ4v) is 1.12. The van der Waals surface area contributed by atoms with Gasteiger partial charge in [-0.05, 0) is 11.6 Å². The maximum atomic E-state index is 8.40. The lowest BCUT2D eigenvalue weighted by Gasteiger charge is -1.91. The lowest BCUT2D eigenvalue weighted by molar-refractivity contribution is 0.321. The number of oxime groups is 1. The Bertz CT molecular complexity index is 650. The molecule has 13 heavy (non-hydrogen) atoms. The van der Waals surface area contributed by atoms with Crippen molar-refractivity contribution >= 4 is 17.1 Å². The molecular formula is C10H10N2O. The van der Waals surface area contributed by atoms with Gasteiger partial charge in [0.05, 0.1) is 6.85 Å². The third-order valence-electron chi connectivity index (χ3n) is 1.70. The topological polar surface area (TPSA) is 48.4 Å². The molecule has 3 heteroatoms. The Morgan fingerprint density at radius 2 is 2.38 bits per heavy atom. The highest BCUT2D eigenvalue weighted by Gasteiger charge is 1.99. The van der Waals surface area contributed by atoms with Gasteiger partial charge in [-0.2, -0.15) is 0 Å². The number of hydrogen-bond donors (Lipinski definition) is 2. The molecule has 0 amide bonds. The standard InChI is InChI=1S/C10H10N2O/c13-12-6-5-8-7-11-10-4-2-1-3-9(8)10/h1-4,6-7,11,13H,5H2/b12-6+/i1D,2D,3D,4D,7D. The lowest BCUT2D eigenvalue weighted by Crippen LogP contribution is -1.82. The van der Waals surface area contributed by atoms with E-state index in [1.807, 2.05) is 0 Å². The summed E-state index contributed by atoms with van der Waals surface area (Å²) in [5, 5.41) is 11.5. The van der Waals surface area contributed by atoms with E-state index >= 15 is 0 Å². The van der Waals surface area contributed by atoms with E-state index in [1.54, 1.807) is 0 Å². The van der Waals surface area contributed by atoms with Gasteiger partial charge in [0.15, 0.2) is 0 Å². The van der Waals surface area contributed by atoms with E-state index in [-0.39, 0.29) is 47.7 Å². The van der Waals surface area contributed by atoms with Crippen LogP contribution in [0.25, 0.3) is 10.9 Å². The van der Waals surface area contributed by atoms with Crippen LogP contribution in [0.2, 0.25) is 0 Å². The monoisotopic (exact) mass is 179 g/mol. The summed E-state index contributed by atoms with van der Waals surface area (Å²) < 4.78 is 38.4. The zero-order valence-corrected chi connectivity index (χ0v) is 6.68. The lowest BCUT2D eigenvalue weighted by atomic mass is 10.1. The van der Waals surface area contributed by atoms with Crippen molar-refractivity contribution in [2.75, 3.05) is 0 Å². The number of rotatable bonds is 2. The molecule has 1 aromatic heterocycles. The third kappa shape index (κ3) is 1.40. The minimum Gasteiger partial charge on any atom is -0.411 e. The van der Waals surface area contributed by atoms with Gasteiger partial charge in [-0.25, -0.2) is 0 Å². The first-order valence-corrected chi connectivity index (χ1v) is 3.72. The van der Waals surface area contributed by atoms with E-state index in [0.29, 0.717) is 5.56 Å². The number of fused-ring (bicyclic) bond motifs is 1. The van der Waals surface area contributed by atoms with Crippen molar-refractivity contribution in [3.8, 4) is 0 Å². The van der Waals surface area contributed by atoms with Gasteiger partial charge in [0.25, 0.3) is 0 Å². The number of H-pyrrole nitrogens is 1. The maximum absolute atomic E-state index is 8.40. The Balaban J connectivity index is 2.85. The summed E-state index contributed by atoms with van der Waals surface area (Å²) in [7, 11) is 0. The van der Waals surface area contributed by atoms with Crippen molar-refractivity contribution in [2.24, 2.45) is 5.16 Å². The molecule has 0 saturated carbocycles. The molecule has 0 bridgehead atoms. The largest absolute Gasteiger partial charge is 0.411 e. The van der Waals surface area contributed by atoms with Crippen LogP contribution in [0, 0.1) is 0 Å². The number of nitrogens with zero attached hydrogens (tertiary/aromatic N) is 1. The van der Waals surface area contributed by atoms with Gasteiger partial charge >= 0.3 is 0 Å². The van der Waals surface area contributed by atoms with E-state index in [2.05, 4.69) is 10.1 Å². The molecule has 0 aliphatic carbocycles. The average Bonchev–Trinajstić information content (AvgIpc) is 2.68. The molecule has 0 saturated heterocycles. The van der Waals surface area contributed by atoms with Gasteiger partial charge in [-0.15, -0.1) is 5.16 Å². The highest BCUT2D eigenvalue weighted by atomic mass is 16.4. The molecule has 3 nitrogen and oxygen atoms in total. The van der Waals surface area contributed by atoms with Crippen molar-refractivity contribution in [3.05, 3.63) is 35.9 Å². The highest BCUT2D eigenvalue weighted by molar-refractivity contribution is 5.85. The molecule has 0 aliphatic heterocycles. The summed E-state index contributed by atoms with van der Waals surface area (Å²) in [6, 6.07) is -1.07. The SMILES string of the molecule is [2H]c1[nH]c2c([2H])c([2H])c([2H])c([2H])c2c1C/C=N/O. The highest BCUT2D eigenvalue weighted by Crippen LogP contribution is 2.17. The molecule has 2 aromatic rings. The molecular weight excluding hydrogens is 164 g/mol. The van der Waals surface area contributed by atoms with Gasteiger partial charge in [0.1, 0.15) is 0 Å². The second kappa shape index (κ2) is 3.31. The molecule has 0 unspecified atom stereocenters. The van der Waals surface area contributed by atoms with E-state index in [4.69, 9.17) is 12.1 Å². The van der Waals surface area contributed by atoms with Crippen molar-refractivity contribution < 1.29 is 12.1 Å². The van der Waals surface area contributed by atoms with E-state index < -0.39 is 0 Å². The summed E-state index contributed by atoms with van der Waals surface area (Å²) in [6.07, 6.45) is 1.29. The third-order valence-corrected chi connectivity index (χ3v) is 1.70. The van der Waals surface area contributed by atoms with Gasteiger partial charge in [0.2, 0.25) is 0 Å². The second-order valence-electron chi connectivity index (χ2n) is 2.48. The minimum atomic E-state index is -0.339. The van der Waals surface area contributed by atoms with Crippen LogP contribution in [-0.4, -0.2) is 16.4 Å². The molecule has 1 aromatic carbocycles. The first kappa shape index (κ1) is 3.96. The van der Waals surface area contributed by atoms with Crippen molar-refractivity contribution in [2.45, 2.75) is 6.42 Å². The van der Waals surface area contributed by atoms with E-state index in [0.717, 1.165) is 0 Å². The molecule has 0 aliphatic rings. The van der Waals surface area contributed by atoms with Crippen LogP contribution in [0.15, 0.2) is 35.5 Å². The Kier molecular flexibility index (Phi) is 1.01. The number of nitrogens with one attached hydrogen (secondary N) is 1. The van der Waals surface area contributed by atoms with Crippen LogP contribution in [0.4, 0.5) is 0 Å². The Morgan fingerprint density at radius 1 is 1.54 bits per heavy atom. The maximum Gasteiger partial charge on any atom is 0.0819 e. The van der Waals surface area contributed by atoms with Crippen molar-refractivity contribution in [1.29, 1.82) is 0 Å². The molecule has 2 N–H and O–H groups in total. The number of aromatic nitrogens is 1. The van der Waals surface area contributed by atoms with Crippen LogP contribution in [-0.2, 0) is 6.42 Å². The van der Waals surface area contributed by atoms with Gasteiger partial charge in [0, 0.05) is 29.7 Å². The predicted molar refractivity (Wildman–Crippen MR) is 52.3 cm³/mol. The van der Waals surface area contributed by atoms with Gasteiger partial charge < -0.3 is 10.2 Å². The summed E-state index contributed by atoms with van der Waals surface area (Å²) in [5.41, 5.74) is 0.585. The predicted octanol–water partition coefficient (Wildman–Crippen LogP) is 2.17. The molecule has 66 valence electrons. The summed E-state index contributed by atoms with van der Waals surface area (Å²) in [6.45, 7) is 0. The molecule has 0 radical (unpaired) electrons. The number of benzene rings is 1. The second-order valence-corrected chi connectivity index (χ2v) is 2.48. The molecule has 1 heterocycles. The van der Waals surface area contributed by atoms with Crippen LogP contribution in [0.1, 0.15) is 12.4 Å². The minimum absolute atomic E-state index is 0.00287. The summed E-state index contributed by atoms with van der Waals surface area (Å²) >= 11 is 0. The van der Waals surface area contributed by atoms with Crippen LogP contribution in [0.3, 0.4) is 0 Å². The normalized spacial score (nSPS) is 16.8. The molecule has 0 atom stereocenters. The van der Waals surface area contributed by atoms with E-state index in [9.17, 15) is 0 Å². The fourth-order valence-electron chi connectivity index (χ4n) is 1.12. The first-order chi connectivity index (χ1) is 8.49. The Morgan fingerprint density at radius 3 is 3.23 bits per heavy atom. The summed E-state index contributed by atoms with van der Waals surface area (Å²) in [4.78, 5) is 2.63. The zero-order valence-electron chi connectivity index (χ0n) is 11.7. The number of hydrogen-bond acceptors (Lipinski definition) is 2. The summed E-state index contributed by atoms with van der Waals surface area (Å²) in [5.74, 6) is 0. The zero-order chi connectivity index (χ0) is 13.4. The van der Waals surface area contributed by atoms with Gasteiger partial charge in [-0.3, -0.25) is 0 Å². The number of aromatic amines is 1. The smallest absolute Gasteiger partial charge is 0.0819 e. The van der Waals surface area contributed by atoms with E-state index in [1.165, 1.54) is 6.21 Å². The van der Waals surface area contributed by atoms with Crippen LogP contribution < -0.4 is 0 Å². The Hall–Kier alpha value is -1.77. The van der Waals surface area contributed by atoms with Crippen molar-refractivity contribution in [1.82, 2.24) is 4.98 Å². The number of para-hydroxylation sites is 1. The average molecular weight is 179 g/mol. The first-order valence-electron chi connectivity index (χ1n) is 6.22.